The van der Waals surface area contributed by atoms with Crippen molar-refractivity contribution in [2.24, 2.45) is 0 Å². The molecule has 1 aromatic carbocycles. The number of hydrogen-bond donors (Lipinski definition) is 0. The second kappa shape index (κ2) is 6.66. The topological polar surface area (TPSA) is 43.4 Å². The van der Waals surface area contributed by atoms with Gasteiger partial charge in [-0.2, -0.15) is 0 Å². The van der Waals surface area contributed by atoms with Gasteiger partial charge in [-0.15, -0.1) is 0 Å². The smallest absolute Gasteiger partial charge is 0.325 e. The first kappa shape index (κ1) is 15.6. The number of esters is 1. The number of carbonyl (C=O) groups is 1. The van der Waals surface area contributed by atoms with Crippen molar-refractivity contribution in [1.82, 2.24) is 0 Å². The third-order valence-corrected chi connectivity index (χ3v) is 4.86. The maximum Gasteiger partial charge on any atom is 0.325 e. The molecule has 0 heterocycles. The van der Waals surface area contributed by atoms with E-state index in [0.29, 0.717) is 11.3 Å². The Labute approximate surface area is 117 Å². The highest BCUT2D eigenvalue weighted by atomic mass is 32.2. The largest absolute Gasteiger partial charge is 0.468 e. The van der Waals surface area contributed by atoms with Crippen LogP contribution in [0.2, 0.25) is 0 Å². The molecule has 0 unspecified atom stereocenters. The molecule has 0 aliphatic rings. The first-order valence-electron chi connectivity index (χ1n) is 6.14. The van der Waals surface area contributed by atoms with Gasteiger partial charge in [0.15, 0.2) is 0 Å². The molecule has 0 saturated heterocycles. The quantitative estimate of drug-likeness (QED) is 0.615. The normalized spacial score (nSPS) is 16.0. The zero-order chi connectivity index (χ0) is 14.5. The van der Waals surface area contributed by atoms with Gasteiger partial charge < -0.3 is 4.74 Å². The Morgan fingerprint density at radius 1 is 1.37 bits per heavy atom. The molecule has 0 amide bonds. The van der Waals surface area contributed by atoms with Crippen molar-refractivity contribution >= 4 is 16.8 Å². The van der Waals surface area contributed by atoms with Crippen LogP contribution in [0.5, 0.6) is 0 Å². The number of hydrogen-bond acceptors (Lipinski definition) is 3. The van der Waals surface area contributed by atoms with Crippen LogP contribution in [-0.2, 0) is 20.3 Å². The van der Waals surface area contributed by atoms with Gasteiger partial charge in [0.2, 0.25) is 0 Å². The monoisotopic (exact) mass is 280 g/mol. The summed E-state index contributed by atoms with van der Waals surface area (Å²) >= 11 is 0. The number of methoxy groups -OCH3 is 1. The predicted octanol–water partition coefficient (Wildman–Crippen LogP) is 3.00. The lowest BCUT2D eigenvalue weighted by Gasteiger charge is -2.24. The van der Waals surface area contributed by atoms with Gasteiger partial charge in [-0.1, -0.05) is 29.8 Å². The van der Waals surface area contributed by atoms with Crippen LogP contribution in [0.4, 0.5) is 0 Å². The zero-order valence-electron chi connectivity index (χ0n) is 11.8. The fourth-order valence-electron chi connectivity index (χ4n) is 1.72. The van der Waals surface area contributed by atoms with Crippen LogP contribution in [0, 0.1) is 6.92 Å². The number of carbonyl (C=O) groups excluding carboxylic acids is 1. The fourth-order valence-corrected chi connectivity index (χ4v) is 3.10. The van der Waals surface area contributed by atoms with Gasteiger partial charge >= 0.3 is 5.97 Å². The van der Waals surface area contributed by atoms with E-state index >= 15 is 0 Å². The minimum absolute atomic E-state index is 0.386. The predicted molar refractivity (Wildman–Crippen MR) is 77.4 cm³/mol. The molecular formula is C15H20O3S. The highest BCUT2D eigenvalue weighted by Crippen LogP contribution is 2.27. The minimum atomic E-state index is -1.45. The van der Waals surface area contributed by atoms with Gasteiger partial charge in [-0.25, -0.2) is 0 Å². The third kappa shape index (κ3) is 3.53. The van der Waals surface area contributed by atoms with Crippen molar-refractivity contribution in [2.45, 2.75) is 36.8 Å². The average molecular weight is 280 g/mol. The maximum atomic E-state index is 12.7. The molecule has 0 spiro atoms. The maximum absolute atomic E-state index is 12.7. The molecule has 1 rings (SSSR count). The number of benzene rings is 1. The van der Waals surface area contributed by atoms with Crippen LogP contribution in [-0.4, -0.2) is 22.0 Å². The lowest BCUT2D eigenvalue weighted by molar-refractivity contribution is -0.143. The van der Waals surface area contributed by atoms with E-state index in [1.165, 1.54) is 7.11 Å². The summed E-state index contributed by atoms with van der Waals surface area (Å²) < 4.78 is 16.4. The summed E-state index contributed by atoms with van der Waals surface area (Å²) in [7, 11) is -0.130. The van der Waals surface area contributed by atoms with Crippen LogP contribution in [0.1, 0.15) is 25.8 Å². The summed E-state index contributed by atoms with van der Waals surface area (Å²) in [6.45, 7) is 5.51. The van der Waals surface area contributed by atoms with Crippen molar-refractivity contribution in [1.29, 1.82) is 0 Å². The van der Waals surface area contributed by atoms with E-state index in [1.54, 1.807) is 19.1 Å². The number of rotatable bonds is 5. The van der Waals surface area contributed by atoms with Crippen molar-refractivity contribution in [3.63, 3.8) is 0 Å². The third-order valence-electron chi connectivity index (χ3n) is 3.00. The summed E-state index contributed by atoms with van der Waals surface area (Å²) in [5.41, 5.74) is 1.09. The molecule has 2 atom stereocenters. The Bertz CT molecular complexity index is 491. The molecule has 1 aromatic rings. The molecule has 4 heteroatoms. The van der Waals surface area contributed by atoms with E-state index in [2.05, 4.69) is 0 Å². The molecule has 0 bridgehead atoms. The second-order valence-corrected chi connectivity index (χ2v) is 6.49. The van der Waals surface area contributed by atoms with Crippen molar-refractivity contribution in [3.05, 3.63) is 42.0 Å². The van der Waals surface area contributed by atoms with Gasteiger partial charge in [0, 0.05) is 4.90 Å². The highest BCUT2D eigenvalue weighted by molar-refractivity contribution is 7.87. The van der Waals surface area contributed by atoms with Gasteiger partial charge in [0.05, 0.1) is 17.9 Å². The van der Waals surface area contributed by atoms with Crippen LogP contribution < -0.4 is 0 Å². The van der Waals surface area contributed by atoms with E-state index in [1.807, 2.05) is 38.1 Å². The summed E-state index contributed by atoms with van der Waals surface area (Å²) in [4.78, 5) is 12.6. The summed E-state index contributed by atoms with van der Waals surface area (Å²) in [6.07, 6.45) is 4.06. The van der Waals surface area contributed by atoms with Crippen LogP contribution in [0.25, 0.3) is 0 Å². The number of aryl methyl sites for hydroxylation is 1. The van der Waals surface area contributed by atoms with Crippen LogP contribution in [0.3, 0.4) is 0 Å². The summed E-state index contributed by atoms with van der Waals surface area (Å²) in [5, 5.41) is 0. The SMILES string of the molecule is C/C=C/C[C@@](C)(C(=O)OC)[S@@](=O)c1ccc(C)cc1. The molecular weight excluding hydrogens is 260 g/mol. The second-order valence-electron chi connectivity index (χ2n) is 4.58. The Morgan fingerprint density at radius 2 is 1.95 bits per heavy atom. The van der Waals surface area contributed by atoms with E-state index in [4.69, 9.17) is 4.74 Å². The van der Waals surface area contributed by atoms with Crippen LogP contribution >= 0.6 is 0 Å². The Balaban J connectivity index is 3.13. The first-order valence-corrected chi connectivity index (χ1v) is 7.29. The van der Waals surface area contributed by atoms with Crippen molar-refractivity contribution in [2.75, 3.05) is 7.11 Å². The Kier molecular flexibility index (Phi) is 5.48. The molecule has 104 valence electrons. The molecule has 0 saturated carbocycles. The van der Waals surface area contributed by atoms with Crippen LogP contribution in [0.15, 0.2) is 41.3 Å². The highest BCUT2D eigenvalue weighted by Gasteiger charge is 2.40. The van der Waals surface area contributed by atoms with Gasteiger partial charge in [0.25, 0.3) is 0 Å². The average Bonchev–Trinajstić information content (AvgIpc) is 2.43. The molecule has 3 nitrogen and oxygen atoms in total. The Morgan fingerprint density at radius 3 is 2.42 bits per heavy atom. The number of allylic oxidation sites excluding steroid dienone is 2. The Hall–Kier alpha value is -1.42. The standard InChI is InChI=1S/C15H20O3S/c1-5-6-11-15(3,14(16)18-4)19(17)13-9-7-12(2)8-10-13/h5-10H,11H2,1-4H3/b6-5+/t15-,19-/m0/s1. The zero-order valence-corrected chi connectivity index (χ0v) is 12.6. The van der Waals surface area contributed by atoms with Gasteiger partial charge in [0.1, 0.15) is 4.75 Å². The molecule has 19 heavy (non-hydrogen) atoms. The van der Waals surface area contributed by atoms with Crippen molar-refractivity contribution < 1.29 is 13.7 Å². The molecule has 0 radical (unpaired) electrons. The van der Waals surface area contributed by atoms with Gasteiger partial charge in [-0.05, 0) is 39.3 Å². The number of ether oxygens (including phenoxy) is 1. The van der Waals surface area contributed by atoms with E-state index < -0.39 is 21.5 Å². The van der Waals surface area contributed by atoms with E-state index in [0.717, 1.165) is 5.56 Å². The molecule has 0 fully saturated rings. The van der Waals surface area contributed by atoms with E-state index in [9.17, 15) is 9.00 Å². The molecule has 0 N–H and O–H groups in total. The minimum Gasteiger partial charge on any atom is -0.468 e. The summed E-state index contributed by atoms with van der Waals surface area (Å²) in [5.74, 6) is -0.454. The van der Waals surface area contributed by atoms with Crippen molar-refractivity contribution in [3.8, 4) is 0 Å². The lowest BCUT2D eigenvalue weighted by Crippen LogP contribution is -2.40. The summed E-state index contributed by atoms with van der Waals surface area (Å²) in [6, 6.07) is 7.37. The van der Waals surface area contributed by atoms with Gasteiger partial charge in [-0.3, -0.25) is 9.00 Å². The molecule has 0 aliphatic heterocycles. The molecule has 0 aromatic heterocycles. The fraction of sp³-hybridized carbons (Fsp3) is 0.400. The first-order chi connectivity index (χ1) is 8.95. The lowest BCUT2D eigenvalue weighted by atomic mass is 10.1. The van der Waals surface area contributed by atoms with E-state index in [-0.39, 0.29) is 0 Å². The molecule has 0 aliphatic carbocycles.